The highest BCUT2D eigenvalue weighted by molar-refractivity contribution is 5.78. The number of hydrogen-bond acceptors (Lipinski definition) is 6. The number of rotatable bonds is 6. The molecule has 1 aliphatic heterocycles. The number of imidazole rings is 1. The smallest absolute Gasteiger partial charge is 0.234 e. The van der Waals surface area contributed by atoms with E-state index in [-0.39, 0.29) is 5.91 Å². The van der Waals surface area contributed by atoms with Crippen LogP contribution in [0.5, 0.6) is 0 Å². The maximum absolute atomic E-state index is 11.5. The second-order valence-corrected chi connectivity index (χ2v) is 8.86. The predicted octanol–water partition coefficient (Wildman–Crippen LogP) is 2.97. The molecule has 0 spiro atoms. The number of hydrogen-bond donors (Lipinski definition) is 2. The quantitative estimate of drug-likeness (QED) is 0.411. The Morgan fingerprint density at radius 2 is 1.81 bits per heavy atom. The molecular weight excluding hydrogens is 454 g/mol. The van der Waals surface area contributed by atoms with E-state index in [9.17, 15) is 9.90 Å². The summed E-state index contributed by atoms with van der Waals surface area (Å²) in [6.45, 7) is 4.93. The second-order valence-electron chi connectivity index (χ2n) is 8.86. The van der Waals surface area contributed by atoms with E-state index in [0.29, 0.717) is 31.2 Å². The van der Waals surface area contributed by atoms with Gasteiger partial charge in [-0.05, 0) is 48.9 Å². The van der Waals surface area contributed by atoms with Crippen molar-refractivity contribution >= 4 is 5.91 Å². The van der Waals surface area contributed by atoms with Crippen LogP contribution in [0.2, 0.25) is 0 Å². The van der Waals surface area contributed by atoms with E-state index < -0.39 is 6.10 Å². The maximum Gasteiger partial charge on any atom is 0.234 e. The molecule has 182 valence electrons. The van der Waals surface area contributed by atoms with E-state index in [0.717, 1.165) is 35.5 Å². The molecule has 8 nitrogen and oxygen atoms in total. The van der Waals surface area contributed by atoms with Crippen LogP contribution in [0.15, 0.2) is 71.5 Å². The highest BCUT2D eigenvalue weighted by atomic mass is 16.5. The first-order valence-corrected chi connectivity index (χ1v) is 11.9. The molecule has 0 unspecified atom stereocenters. The first kappa shape index (κ1) is 23.5. The number of aliphatic hydroxyl groups is 1. The lowest BCUT2D eigenvalue weighted by Gasteiger charge is -2.26. The molecule has 4 aromatic rings. The van der Waals surface area contributed by atoms with Gasteiger partial charge >= 0.3 is 0 Å². The van der Waals surface area contributed by atoms with Crippen LogP contribution >= 0.6 is 0 Å². The van der Waals surface area contributed by atoms with Gasteiger partial charge in [0.05, 0.1) is 13.1 Å². The number of aliphatic hydroxyl groups excluding tert-OH is 1. The van der Waals surface area contributed by atoms with Gasteiger partial charge in [-0.3, -0.25) is 9.69 Å². The summed E-state index contributed by atoms with van der Waals surface area (Å²) in [6, 6.07) is 17.9. The Labute approximate surface area is 209 Å². The molecule has 2 aromatic carbocycles. The topological polar surface area (TPSA) is 96.4 Å². The van der Waals surface area contributed by atoms with Gasteiger partial charge in [-0.15, -0.1) is 0 Å². The third-order valence-electron chi connectivity index (χ3n) is 6.01. The van der Waals surface area contributed by atoms with Gasteiger partial charge in [0.15, 0.2) is 5.76 Å². The number of aromatic nitrogens is 3. The minimum Gasteiger partial charge on any atom is -0.385 e. The molecule has 1 amide bonds. The first-order chi connectivity index (χ1) is 17.5. The second kappa shape index (κ2) is 10.6. The highest BCUT2D eigenvalue weighted by Gasteiger charge is 2.16. The van der Waals surface area contributed by atoms with Gasteiger partial charge in [0.1, 0.15) is 17.6 Å². The predicted molar refractivity (Wildman–Crippen MR) is 135 cm³/mol. The molecule has 0 saturated carbocycles. The van der Waals surface area contributed by atoms with E-state index in [4.69, 9.17) is 4.52 Å². The van der Waals surface area contributed by atoms with Crippen molar-refractivity contribution in [3.8, 4) is 23.2 Å². The van der Waals surface area contributed by atoms with Gasteiger partial charge in [0, 0.05) is 54.8 Å². The van der Waals surface area contributed by atoms with E-state index in [1.54, 1.807) is 13.1 Å². The van der Waals surface area contributed by atoms with Crippen LogP contribution in [0.4, 0.5) is 0 Å². The number of carbonyl (C=O) groups excluding carboxylic acids is 1. The zero-order valence-corrected chi connectivity index (χ0v) is 20.0. The van der Waals surface area contributed by atoms with Crippen LogP contribution in [-0.2, 0) is 17.9 Å². The molecule has 5 rings (SSSR count). The maximum atomic E-state index is 11.5. The van der Waals surface area contributed by atoms with Crippen LogP contribution in [0, 0.1) is 11.8 Å². The summed E-state index contributed by atoms with van der Waals surface area (Å²) in [5.41, 5.74) is 4.68. The molecule has 0 bridgehead atoms. The van der Waals surface area contributed by atoms with Gasteiger partial charge in [0.2, 0.25) is 5.91 Å². The molecular formula is C28H27N5O3. The van der Waals surface area contributed by atoms with E-state index in [1.165, 1.54) is 5.56 Å². The monoisotopic (exact) mass is 481 g/mol. The van der Waals surface area contributed by atoms with Crippen molar-refractivity contribution in [3.63, 3.8) is 0 Å². The summed E-state index contributed by atoms with van der Waals surface area (Å²) in [5, 5.41) is 16.8. The average molecular weight is 482 g/mol. The van der Waals surface area contributed by atoms with Crippen LogP contribution in [0.25, 0.3) is 11.3 Å². The first-order valence-electron chi connectivity index (χ1n) is 11.9. The van der Waals surface area contributed by atoms with Crippen molar-refractivity contribution in [2.24, 2.45) is 0 Å². The number of nitrogens with zero attached hydrogens (tertiary/aromatic N) is 4. The number of piperazine rings is 1. The largest absolute Gasteiger partial charge is 0.385 e. The van der Waals surface area contributed by atoms with Crippen LogP contribution in [0.1, 0.15) is 41.2 Å². The number of nitrogens with one attached hydrogen (secondary N) is 1. The fraction of sp³-hybridized carbons (Fsp3) is 0.250. The minimum atomic E-state index is -0.651. The number of amides is 1. The van der Waals surface area contributed by atoms with Crippen molar-refractivity contribution in [3.05, 3.63) is 95.2 Å². The van der Waals surface area contributed by atoms with Gasteiger partial charge in [-0.1, -0.05) is 29.1 Å². The minimum absolute atomic E-state index is 0.0827. The summed E-state index contributed by atoms with van der Waals surface area (Å²) in [7, 11) is 0. The third-order valence-corrected chi connectivity index (χ3v) is 6.01. The lowest BCUT2D eigenvalue weighted by Crippen LogP contribution is -2.47. The molecule has 1 fully saturated rings. The fourth-order valence-electron chi connectivity index (χ4n) is 4.16. The zero-order valence-electron chi connectivity index (χ0n) is 20.0. The van der Waals surface area contributed by atoms with E-state index in [1.807, 2.05) is 53.2 Å². The van der Waals surface area contributed by atoms with Gasteiger partial charge in [0.25, 0.3) is 0 Å². The van der Waals surface area contributed by atoms with Gasteiger partial charge < -0.3 is 19.5 Å². The van der Waals surface area contributed by atoms with E-state index in [2.05, 4.69) is 44.3 Å². The average Bonchev–Trinajstić information content (AvgIpc) is 3.54. The molecule has 36 heavy (non-hydrogen) atoms. The molecule has 2 N–H and O–H groups in total. The van der Waals surface area contributed by atoms with Crippen LogP contribution in [-0.4, -0.2) is 50.3 Å². The van der Waals surface area contributed by atoms with Crippen LogP contribution < -0.4 is 5.32 Å². The molecule has 0 radical (unpaired) electrons. The van der Waals surface area contributed by atoms with Crippen molar-refractivity contribution in [1.82, 2.24) is 24.9 Å². The van der Waals surface area contributed by atoms with Crippen LogP contribution in [0.3, 0.4) is 0 Å². The summed E-state index contributed by atoms with van der Waals surface area (Å²) in [4.78, 5) is 17.9. The van der Waals surface area contributed by atoms with E-state index >= 15 is 0 Å². The molecule has 1 saturated heterocycles. The van der Waals surface area contributed by atoms with Crippen molar-refractivity contribution in [1.29, 1.82) is 0 Å². The Kier molecular flexibility index (Phi) is 6.94. The highest BCUT2D eigenvalue weighted by Crippen LogP contribution is 2.22. The normalized spacial score (nSPS) is 14.7. The Balaban J connectivity index is 1.20. The van der Waals surface area contributed by atoms with Crippen molar-refractivity contribution < 1.29 is 14.4 Å². The third kappa shape index (κ3) is 5.71. The molecule has 2 aromatic heterocycles. The SMILES string of the molecule is C[C@H](O)c1nccn1Cc1cc(-c2ccc(C#Cc3ccc(CN4CCNC(=O)C4)cc3)cc2)on1. The summed E-state index contributed by atoms with van der Waals surface area (Å²) >= 11 is 0. The molecule has 8 heteroatoms. The Morgan fingerprint density at radius 1 is 1.08 bits per heavy atom. The number of carbonyl (C=O) groups is 1. The lowest BCUT2D eigenvalue weighted by molar-refractivity contribution is -0.124. The number of benzene rings is 2. The summed E-state index contributed by atoms with van der Waals surface area (Å²) < 4.78 is 7.38. The molecule has 1 atom stereocenters. The zero-order chi connectivity index (χ0) is 24.9. The summed E-state index contributed by atoms with van der Waals surface area (Å²) in [6.07, 6.45) is 2.82. The summed E-state index contributed by atoms with van der Waals surface area (Å²) in [5.74, 6) is 7.76. The Hall–Kier alpha value is -4.19. The lowest BCUT2D eigenvalue weighted by atomic mass is 10.1. The molecule has 1 aliphatic rings. The Morgan fingerprint density at radius 3 is 2.50 bits per heavy atom. The van der Waals surface area contributed by atoms with Crippen molar-refractivity contribution in [2.45, 2.75) is 26.1 Å². The van der Waals surface area contributed by atoms with Crippen molar-refractivity contribution in [2.75, 3.05) is 19.6 Å². The molecule has 3 heterocycles. The standard InChI is InChI=1S/C28H27N5O3/c1-20(34)28-30-13-15-33(28)18-25-16-26(36-31-25)24-10-8-22(9-11-24)3-2-21-4-6-23(7-5-21)17-32-14-12-29-27(35)19-32/h4-11,13,15-16,20,34H,12,14,17-19H2,1H3,(H,29,35)/t20-/m0/s1. The Bertz CT molecular complexity index is 1390. The van der Waals surface area contributed by atoms with Gasteiger partial charge in [-0.25, -0.2) is 4.98 Å². The van der Waals surface area contributed by atoms with Gasteiger partial charge in [-0.2, -0.15) is 0 Å². The fourth-order valence-corrected chi connectivity index (χ4v) is 4.16. The molecule has 0 aliphatic carbocycles.